The molecule has 1 aliphatic carbocycles. The molecule has 0 unspecified atom stereocenters. The molecule has 2 rings (SSSR count). The van der Waals surface area contributed by atoms with Crippen molar-refractivity contribution in [1.29, 1.82) is 0 Å². The molecule has 0 spiro atoms. The maximum absolute atomic E-state index is 12.9. The first-order chi connectivity index (χ1) is 7.12. The van der Waals surface area contributed by atoms with Crippen LogP contribution >= 0.6 is 0 Å². The Labute approximate surface area is 86.1 Å². The molecule has 5 heteroatoms. The molecule has 0 bridgehead atoms. The van der Waals surface area contributed by atoms with Gasteiger partial charge in [0.05, 0.1) is 12.5 Å². The highest BCUT2D eigenvalue weighted by atomic mass is 19.3. The Morgan fingerprint density at radius 1 is 1.47 bits per heavy atom. The first-order valence-electron chi connectivity index (χ1n) is 4.97. The molecule has 1 saturated carbocycles. The zero-order chi connectivity index (χ0) is 10.9. The van der Waals surface area contributed by atoms with Gasteiger partial charge in [-0.05, 0) is 12.8 Å². The van der Waals surface area contributed by atoms with E-state index in [1.54, 1.807) is 4.57 Å². The number of hydrogen-bond acceptors (Lipinski definition) is 2. The summed E-state index contributed by atoms with van der Waals surface area (Å²) in [4.78, 5) is 14.5. The van der Waals surface area contributed by atoms with Crippen LogP contribution in [0.3, 0.4) is 0 Å². The first kappa shape index (κ1) is 10.3. The van der Waals surface area contributed by atoms with Gasteiger partial charge in [-0.2, -0.15) is 0 Å². The van der Waals surface area contributed by atoms with Crippen LogP contribution in [0.15, 0.2) is 12.5 Å². The fourth-order valence-corrected chi connectivity index (χ4v) is 2.01. The van der Waals surface area contributed by atoms with Crippen molar-refractivity contribution >= 4 is 6.29 Å². The van der Waals surface area contributed by atoms with E-state index >= 15 is 0 Å². The van der Waals surface area contributed by atoms with E-state index in [4.69, 9.17) is 0 Å². The van der Waals surface area contributed by atoms with E-state index < -0.39 is 5.92 Å². The summed E-state index contributed by atoms with van der Waals surface area (Å²) < 4.78 is 27.5. The van der Waals surface area contributed by atoms with Crippen LogP contribution in [-0.4, -0.2) is 21.8 Å². The Kier molecular flexibility index (Phi) is 2.54. The number of rotatable bonds is 2. The van der Waals surface area contributed by atoms with E-state index in [-0.39, 0.29) is 18.9 Å². The molecule has 0 aliphatic heterocycles. The second kappa shape index (κ2) is 3.72. The largest absolute Gasteiger partial charge is 0.325 e. The SMILES string of the molecule is O=Cc1cncn1C1CCC(F)(F)CC1. The maximum Gasteiger partial charge on any atom is 0.248 e. The van der Waals surface area contributed by atoms with Crippen molar-refractivity contribution in [2.75, 3.05) is 0 Å². The van der Waals surface area contributed by atoms with Gasteiger partial charge < -0.3 is 4.57 Å². The number of carbonyl (C=O) groups is 1. The molecule has 1 fully saturated rings. The highest BCUT2D eigenvalue weighted by Crippen LogP contribution is 2.38. The van der Waals surface area contributed by atoms with Gasteiger partial charge >= 0.3 is 0 Å². The smallest absolute Gasteiger partial charge is 0.248 e. The summed E-state index contributed by atoms with van der Waals surface area (Å²) in [5.74, 6) is -2.53. The monoisotopic (exact) mass is 214 g/mol. The van der Waals surface area contributed by atoms with Gasteiger partial charge in [0.15, 0.2) is 6.29 Å². The zero-order valence-electron chi connectivity index (χ0n) is 8.20. The van der Waals surface area contributed by atoms with E-state index in [2.05, 4.69) is 4.98 Å². The molecule has 0 aromatic carbocycles. The molecule has 1 aliphatic rings. The van der Waals surface area contributed by atoms with Crippen molar-refractivity contribution < 1.29 is 13.6 Å². The van der Waals surface area contributed by atoms with Crippen molar-refractivity contribution in [2.24, 2.45) is 0 Å². The van der Waals surface area contributed by atoms with Crippen LogP contribution < -0.4 is 0 Å². The number of carbonyl (C=O) groups excluding carboxylic acids is 1. The topological polar surface area (TPSA) is 34.9 Å². The molecular weight excluding hydrogens is 202 g/mol. The molecule has 15 heavy (non-hydrogen) atoms. The Balaban J connectivity index is 2.10. The van der Waals surface area contributed by atoms with Crippen LogP contribution in [-0.2, 0) is 0 Å². The maximum atomic E-state index is 12.9. The lowest BCUT2D eigenvalue weighted by Crippen LogP contribution is -2.26. The van der Waals surface area contributed by atoms with Crippen LogP contribution in [0.4, 0.5) is 8.78 Å². The average Bonchev–Trinajstić information content (AvgIpc) is 2.65. The van der Waals surface area contributed by atoms with Crippen molar-refractivity contribution in [2.45, 2.75) is 37.6 Å². The average molecular weight is 214 g/mol. The Morgan fingerprint density at radius 2 is 2.13 bits per heavy atom. The molecule has 1 heterocycles. The number of halogens is 2. The summed E-state index contributed by atoms with van der Waals surface area (Å²) in [5, 5.41) is 0. The van der Waals surface area contributed by atoms with Crippen molar-refractivity contribution in [3.8, 4) is 0 Å². The lowest BCUT2D eigenvalue weighted by Gasteiger charge is -2.29. The van der Waals surface area contributed by atoms with Crippen LogP contribution in [0.1, 0.15) is 42.2 Å². The molecule has 0 radical (unpaired) electrons. The molecule has 82 valence electrons. The van der Waals surface area contributed by atoms with E-state index in [9.17, 15) is 13.6 Å². The third-order valence-electron chi connectivity index (χ3n) is 2.90. The zero-order valence-corrected chi connectivity index (χ0v) is 8.20. The third kappa shape index (κ3) is 2.06. The van der Waals surface area contributed by atoms with Gasteiger partial charge in [-0.1, -0.05) is 0 Å². The van der Waals surface area contributed by atoms with Crippen LogP contribution in [0.5, 0.6) is 0 Å². The predicted molar refractivity (Wildman–Crippen MR) is 50.1 cm³/mol. The fraction of sp³-hybridized carbons (Fsp3) is 0.600. The van der Waals surface area contributed by atoms with E-state index in [1.807, 2.05) is 0 Å². The minimum atomic E-state index is -2.53. The summed E-state index contributed by atoms with van der Waals surface area (Å²) in [7, 11) is 0. The lowest BCUT2D eigenvalue weighted by atomic mass is 9.92. The molecular formula is C10H12F2N2O. The predicted octanol–water partition coefficient (Wildman–Crippen LogP) is 2.45. The number of aldehydes is 1. The fourth-order valence-electron chi connectivity index (χ4n) is 2.01. The van der Waals surface area contributed by atoms with Crippen LogP contribution in [0, 0.1) is 0 Å². The third-order valence-corrected chi connectivity index (χ3v) is 2.90. The molecule has 0 saturated heterocycles. The highest BCUT2D eigenvalue weighted by molar-refractivity contribution is 5.71. The van der Waals surface area contributed by atoms with Crippen LogP contribution in [0.2, 0.25) is 0 Å². The number of alkyl halides is 2. The Bertz CT molecular complexity index is 352. The summed E-state index contributed by atoms with van der Waals surface area (Å²) in [6.45, 7) is 0. The molecule has 0 atom stereocenters. The van der Waals surface area contributed by atoms with Gasteiger partial charge in [0.25, 0.3) is 0 Å². The van der Waals surface area contributed by atoms with E-state index in [1.165, 1.54) is 12.5 Å². The van der Waals surface area contributed by atoms with E-state index in [0.29, 0.717) is 24.8 Å². The van der Waals surface area contributed by atoms with Crippen molar-refractivity contribution in [3.05, 3.63) is 18.2 Å². The van der Waals surface area contributed by atoms with E-state index in [0.717, 1.165) is 0 Å². The van der Waals surface area contributed by atoms with Gasteiger partial charge in [-0.25, -0.2) is 13.8 Å². The van der Waals surface area contributed by atoms with Gasteiger partial charge in [0, 0.05) is 18.9 Å². The minimum Gasteiger partial charge on any atom is -0.325 e. The number of aromatic nitrogens is 2. The van der Waals surface area contributed by atoms with Crippen LogP contribution in [0.25, 0.3) is 0 Å². The number of imidazole rings is 1. The molecule has 1 aromatic heterocycles. The quantitative estimate of drug-likeness (QED) is 0.709. The van der Waals surface area contributed by atoms with Crippen molar-refractivity contribution in [3.63, 3.8) is 0 Å². The molecule has 0 N–H and O–H groups in total. The number of nitrogens with zero attached hydrogens (tertiary/aromatic N) is 2. The Morgan fingerprint density at radius 3 is 2.73 bits per heavy atom. The first-order valence-corrected chi connectivity index (χ1v) is 4.97. The second-order valence-electron chi connectivity index (χ2n) is 3.93. The summed E-state index contributed by atoms with van der Waals surface area (Å²) in [5.41, 5.74) is 0.463. The standard InChI is InChI=1S/C10H12F2N2O/c11-10(12)3-1-8(2-4-10)14-7-13-5-9(14)6-15/h5-8H,1-4H2. The van der Waals surface area contributed by atoms with Gasteiger partial charge in [-0.15, -0.1) is 0 Å². The van der Waals surface area contributed by atoms with Crippen molar-refractivity contribution in [1.82, 2.24) is 9.55 Å². The molecule has 0 amide bonds. The second-order valence-corrected chi connectivity index (χ2v) is 3.93. The van der Waals surface area contributed by atoms with Gasteiger partial charge in [-0.3, -0.25) is 4.79 Å². The molecule has 3 nitrogen and oxygen atoms in total. The molecule has 1 aromatic rings. The summed E-state index contributed by atoms with van der Waals surface area (Å²) in [6, 6.07) is -0.00711. The van der Waals surface area contributed by atoms with Gasteiger partial charge in [0.2, 0.25) is 5.92 Å². The number of hydrogen-bond donors (Lipinski definition) is 0. The summed E-state index contributed by atoms with van der Waals surface area (Å²) in [6.07, 6.45) is 4.31. The summed E-state index contributed by atoms with van der Waals surface area (Å²) >= 11 is 0. The van der Waals surface area contributed by atoms with Gasteiger partial charge in [0.1, 0.15) is 5.69 Å². The highest BCUT2D eigenvalue weighted by Gasteiger charge is 2.35. The lowest BCUT2D eigenvalue weighted by molar-refractivity contribution is -0.0440. The normalized spacial score (nSPS) is 21.5. The Hall–Kier alpha value is -1.26. The minimum absolute atomic E-state index is 0.00711.